The molecule has 0 amide bonds. The van der Waals surface area contributed by atoms with Crippen LogP contribution in [0.2, 0.25) is 0 Å². The van der Waals surface area contributed by atoms with Crippen molar-refractivity contribution in [3.63, 3.8) is 0 Å². The summed E-state index contributed by atoms with van der Waals surface area (Å²) in [5.74, 6) is 1.69. The van der Waals surface area contributed by atoms with E-state index in [0.717, 1.165) is 43.7 Å². The first-order valence-corrected chi connectivity index (χ1v) is 9.20. The Morgan fingerprint density at radius 1 is 1.10 bits per heavy atom. The topological polar surface area (TPSA) is 65.9 Å². The Hall–Kier alpha value is -2.31. The highest BCUT2D eigenvalue weighted by atomic mass is 127. The molecule has 0 saturated carbocycles. The number of hydrogen-bond acceptors (Lipinski definition) is 5. The fourth-order valence-corrected chi connectivity index (χ4v) is 2.95. The fourth-order valence-electron chi connectivity index (χ4n) is 2.95. The summed E-state index contributed by atoms with van der Waals surface area (Å²) in [4.78, 5) is 17.2. The molecule has 0 radical (unpaired) electrons. The smallest absolute Gasteiger partial charge is 0.422 e. The number of nitrogens with one attached hydrogen (secondary N) is 1. The van der Waals surface area contributed by atoms with Gasteiger partial charge in [0.05, 0.1) is 0 Å². The van der Waals surface area contributed by atoms with Crippen molar-refractivity contribution in [1.29, 1.82) is 0 Å². The number of ether oxygens (including phenoxy) is 1. The van der Waals surface area contributed by atoms with Crippen molar-refractivity contribution in [2.75, 3.05) is 44.7 Å². The van der Waals surface area contributed by atoms with Gasteiger partial charge in [-0.25, -0.2) is 9.97 Å². The summed E-state index contributed by atoms with van der Waals surface area (Å²) < 4.78 is 41.3. The minimum absolute atomic E-state index is 0. The number of aliphatic imine (C=N–C) groups is 1. The van der Waals surface area contributed by atoms with Crippen molar-refractivity contribution in [3.8, 4) is 5.75 Å². The van der Waals surface area contributed by atoms with Gasteiger partial charge in [0.1, 0.15) is 5.75 Å². The summed E-state index contributed by atoms with van der Waals surface area (Å²) in [5.41, 5.74) is 0.918. The molecule has 2 heterocycles. The van der Waals surface area contributed by atoms with Crippen molar-refractivity contribution >= 4 is 35.9 Å². The highest BCUT2D eigenvalue weighted by molar-refractivity contribution is 14.0. The van der Waals surface area contributed by atoms with Gasteiger partial charge < -0.3 is 19.9 Å². The van der Waals surface area contributed by atoms with Gasteiger partial charge in [0.2, 0.25) is 5.95 Å². The van der Waals surface area contributed by atoms with Crippen LogP contribution in [-0.4, -0.2) is 66.8 Å². The van der Waals surface area contributed by atoms with Crippen LogP contribution in [0.3, 0.4) is 0 Å². The molecule has 30 heavy (non-hydrogen) atoms. The van der Waals surface area contributed by atoms with Gasteiger partial charge >= 0.3 is 6.18 Å². The van der Waals surface area contributed by atoms with Crippen LogP contribution in [0.5, 0.6) is 5.75 Å². The molecule has 0 spiro atoms. The molecule has 1 aromatic carbocycles. The SMILES string of the molecule is CN=C(NCc1ccc(OCC(F)(F)F)cc1)N1CCN(c2ncccn2)CC1.I. The van der Waals surface area contributed by atoms with Crippen LogP contribution in [0.15, 0.2) is 47.7 Å². The van der Waals surface area contributed by atoms with Crippen LogP contribution in [-0.2, 0) is 6.54 Å². The Morgan fingerprint density at radius 3 is 2.30 bits per heavy atom. The number of anilines is 1. The van der Waals surface area contributed by atoms with Crippen LogP contribution in [0.25, 0.3) is 0 Å². The van der Waals surface area contributed by atoms with E-state index in [4.69, 9.17) is 4.74 Å². The lowest BCUT2D eigenvalue weighted by atomic mass is 10.2. The normalized spacial score (nSPS) is 14.9. The summed E-state index contributed by atoms with van der Waals surface area (Å²) >= 11 is 0. The van der Waals surface area contributed by atoms with Gasteiger partial charge in [-0.15, -0.1) is 24.0 Å². The average molecular weight is 536 g/mol. The third-order valence-corrected chi connectivity index (χ3v) is 4.40. The molecule has 1 aromatic heterocycles. The summed E-state index contributed by atoms with van der Waals surface area (Å²) in [6.07, 6.45) is -0.882. The molecular formula is C19H24F3IN6O. The lowest BCUT2D eigenvalue weighted by Gasteiger charge is -2.36. The van der Waals surface area contributed by atoms with E-state index in [-0.39, 0.29) is 29.7 Å². The van der Waals surface area contributed by atoms with Crippen LogP contribution in [0.1, 0.15) is 5.56 Å². The van der Waals surface area contributed by atoms with Gasteiger partial charge in [-0.3, -0.25) is 4.99 Å². The molecule has 0 aliphatic carbocycles. The Morgan fingerprint density at radius 2 is 1.73 bits per heavy atom. The average Bonchev–Trinajstić information content (AvgIpc) is 2.74. The van der Waals surface area contributed by atoms with E-state index in [9.17, 15) is 13.2 Å². The zero-order valence-corrected chi connectivity index (χ0v) is 18.8. The number of alkyl halides is 3. The quantitative estimate of drug-likeness (QED) is 0.361. The second-order valence-corrected chi connectivity index (χ2v) is 6.47. The third-order valence-electron chi connectivity index (χ3n) is 4.40. The summed E-state index contributed by atoms with van der Waals surface area (Å²) in [6, 6.07) is 8.32. The first-order chi connectivity index (χ1) is 13.9. The molecule has 0 bridgehead atoms. The molecular weight excluding hydrogens is 512 g/mol. The first-order valence-electron chi connectivity index (χ1n) is 9.20. The van der Waals surface area contributed by atoms with Gasteiger partial charge in [-0.2, -0.15) is 13.2 Å². The van der Waals surface area contributed by atoms with Gasteiger partial charge in [0, 0.05) is 52.2 Å². The van der Waals surface area contributed by atoms with E-state index < -0.39 is 12.8 Å². The van der Waals surface area contributed by atoms with E-state index >= 15 is 0 Å². The Labute approximate surface area is 190 Å². The molecule has 1 aliphatic rings. The number of nitrogens with zero attached hydrogens (tertiary/aromatic N) is 5. The fraction of sp³-hybridized carbons (Fsp3) is 0.421. The second-order valence-electron chi connectivity index (χ2n) is 6.47. The number of benzene rings is 1. The van der Waals surface area contributed by atoms with Gasteiger partial charge in [0.25, 0.3) is 0 Å². The predicted molar refractivity (Wildman–Crippen MR) is 119 cm³/mol. The molecule has 1 N–H and O–H groups in total. The van der Waals surface area contributed by atoms with E-state index in [1.54, 1.807) is 37.6 Å². The maximum Gasteiger partial charge on any atom is 0.422 e. The van der Waals surface area contributed by atoms with Crippen molar-refractivity contribution in [3.05, 3.63) is 48.3 Å². The lowest BCUT2D eigenvalue weighted by molar-refractivity contribution is -0.153. The lowest BCUT2D eigenvalue weighted by Crippen LogP contribution is -2.52. The summed E-state index contributed by atoms with van der Waals surface area (Å²) in [7, 11) is 1.73. The highest BCUT2D eigenvalue weighted by Gasteiger charge is 2.28. The first kappa shape index (κ1) is 24.0. The van der Waals surface area contributed by atoms with E-state index in [0.29, 0.717) is 6.54 Å². The number of piperazine rings is 1. The zero-order valence-electron chi connectivity index (χ0n) is 16.5. The molecule has 3 rings (SSSR count). The molecule has 1 fully saturated rings. The number of rotatable bonds is 5. The van der Waals surface area contributed by atoms with Crippen molar-refractivity contribution in [1.82, 2.24) is 20.2 Å². The van der Waals surface area contributed by atoms with Gasteiger partial charge in [0.15, 0.2) is 12.6 Å². The maximum absolute atomic E-state index is 12.2. The van der Waals surface area contributed by atoms with Crippen molar-refractivity contribution in [2.24, 2.45) is 4.99 Å². The Balaban J connectivity index is 0.00000320. The van der Waals surface area contributed by atoms with Crippen LogP contribution >= 0.6 is 24.0 Å². The standard InChI is InChI=1S/C19H23F3N6O.HI/c1-23-17(27-9-11-28(12-10-27)18-24-7-2-8-25-18)26-13-15-3-5-16(6-4-15)29-14-19(20,21)22;/h2-8H,9-14H2,1H3,(H,23,26);1H. The van der Waals surface area contributed by atoms with Gasteiger partial charge in [-0.05, 0) is 23.8 Å². The summed E-state index contributed by atoms with van der Waals surface area (Å²) in [5, 5.41) is 3.29. The van der Waals surface area contributed by atoms with E-state index in [2.05, 4.69) is 30.1 Å². The van der Waals surface area contributed by atoms with Crippen LogP contribution < -0.4 is 15.0 Å². The molecule has 11 heteroatoms. The molecule has 2 aromatic rings. The predicted octanol–water partition coefficient (Wildman–Crippen LogP) is 2.93. The van der Waals surface area contributed by atoms with E-state index in [1.807, 2.05) is 0 Å². The molecule has 1 saturated heterocycles. The highest BCUT2D eigenvalue weighted by Crippen LogP contribution is 2.19. The largest absolute Gasteiger partial charge is 0.484 e. The molecule has 1 aliphatic heterocycles. The van der Waals surface area contributed by atoms with E-state index in [1.165, 1.54) is 12.1 Å². The number of hydrogen-bond donors (Lipinski definition) is 1. The van der Waals surface area contributed by atoms with Crippen LogP contribution in [0.4, 0.5) is 19.1 Å². The molecule has 7 nitrogen and oxygen atoms in total. The number of aromatic nitrogens is 2. The van der Waals surface area contributed by atoms with Crippen molar-refractivity contribution < 1.29 is 17.9 Å². The third kappa shape index (κ3) is 7.18. The van der Waals surface area contributed by atoms with Crippen molar-refractivity contribution in [2.45, 2.75) is 12.7 Å². The van der Waals surface area contributed by atoms with Crippen LogP contribution in [0, 0.1) is 0 Å². The minimum Gasteiger partial charge on any atom is -0.484 e. The monoisotopic (exact) mass is 536 g/mol. The second kappa shape index (κ2) is 11.2. The Bertz CT molecular complexity index is 796. The number of halogens is 4. The minimum atomic E-state index is -4.34. The van der Waals surface area contributed by atoms with Gasteiger partial charge in [-0.1, -0.05) is 12.1 Å². The zero-order chi connectivity index (χ0) is 20.7. The molecule has 0 atom stereocenters. The summed E-state index contributed by atoms with van der Waals surface area (Å²) in [6.45, 7) is 2.35. The molecule has 164 valence electrons. The molecule has 0 unspecified atom stereocenters. The maximum atomic E-state index is 12.2. The Kier molecular flexibility index (Phi) is 8.93. The number of guanidine groups is 1.